The van der Waals surface area contributed by atoms with Crippen molar-refractivity contribution in [3.8, 4) is 0 Å². The van der Waals surface area contributed by atoms with Gasteiger partial charge in [0.2, 0.25) is 5.95 Å². The molecule has 1 atom stereocenters. The summed E-state index contributed by atoms with van der Waals surface area (Å²) >= 11 is 0. The Labute approximate surface area is 113 Å². The average Bonchev–Trinajstić information content (AvgIpc) is 2.93. The molecular formula is C14H22N4O. The van der Waals surface area contributed by atoms with E-state index in [0.29, 0.717) is 5.69 Å². The zero-order chi connectivity index (χ0) is 13.5. The molecule has 19 heavy (non-hydrogen) atoms. The molecule has 0 bridgehead atoms. The average molecular weight is 262 g/mol. The number of rotatable bonds is 2. The molecule has 0 aromatic carbocycles. The number of fused-ring (bicyclic) bond motifs is 1. The van der Waals surface area contributed by atoms with Crippen LogP contribution in [0, 0.1) is 5.41 Å². The number of anilines is 1. The maximum absolute atomic E-state index is 12.3. The first-order chi connectivity index (χ1) is 9.06. The number of carbonyl (C=O) groups excluding carboxylic acids is 1. The number of aromatic nitrogens is 2. The largest absolute Gasteiger partial charge is 0.356 e. The molecule has 1 saturated carbocycles. The zero-order valence-corrected chi connectivity index (χ0v) is 11.7. The van der Waals surface area contributed by atoms with Gasteiger partial charge in [-0.25, -0.2) is 4.98 Å². The normalized spacial score (nSPS) is 24.6. The summed E-state index contributed by atoms with van der Waals surface area (Å²) in [7, 11) is 0. The van der Waals surface area contributed by atoms with Gasteiger partial charge in [0, 0.05) is 25.3 Å². The molecular weight excluding hydrogens is 240 g/mol. The van der Waals surface area contributed by atoms with E-state index in [0.717, 1.165) is 31.9 Å². The highest BCUT2D eigenvalue weighted by Gasteiger charge is 2.35. The van der Waals surface area contributed by atoms with E-state index in [1.165, 1.54) is 12.8 Å². The van der Waals surface area contributed by atoms with Gasteiger partial charge in [-0.2, -0.15) is 0 Å². The van der Waals surface area contributed by atoms with Crippen LogP contribution in [0.3, 0.4) is 0 Å². The monoisotopic (exact) mass is 262 g/mol. The van der Waals surface area contributed by atoms with Crippen LogP contribution >= 0.6 is 0 Å². The molecule has 0 spiro atoms. The van der Waals surface area contributed by atoms with Crippen molar-refractivity contribution in [1.29, 1.82) is 0 Å². The quantitative estimate of drug-likeness (QED) is 0.857. The molecule has 2 heterocycles. The van der Waals surface area contributed by atoms with Crippen molar-refractivity contribution in [2.45, 2.75) is 52.1 Å². The highest BCUT2D eigenvalue weighted by molar-refractivity contribution is 5.92. The first-order valence-corrected chi connectivity index (χ1v) is 7.18. The van der Waals surface area contributed by atoms with E-state index in [2.05, 4.69) is 29.5 Å². The highest BCUT2D eigenvalue weighted by atomic mass is 16.2. The molecule has 1 amide bonds. The zero-order valence-electron chi connectivity index (χ0n) is 11.7. The molecule has 5 nitrogen and oxygen atoms in total. The summed E-state index contributed by atoms with van der Waals surface area (Å²) in [6.45, 7) is 6.33. The number of imidazole rings is 1. The van der Waals surface area contributed by atoms with Crippen LogP contribution in [-0.2, 0) is 6.54 Å². The lowest BCUT2D eigenvalue weighted by Gasteiger charge is -2.27. The first-order valence-electron chi connectivity index (χ1n) is 7.18. The smallest absolute Gasteiger partial charge is 0.271 e. The van der Waals surface area contributed by atoms with Crippen molar-refractivity contribution in [2.75, 3.05) is 11.9 Å². The lowest BCUT2D eigenvalue weighted by Crippen LogP contribution is -2.41. The van der Waals surface area contributed by atoms with E-state index in [-0.39, 0.29) is 17.4 Å². The predicted octanol–water partition coefficient (Wildman–Crippen LogP) is 2.01. The van der Waals surface area contributed by atoms with Crippen molar-refractivity contribution in [2.24, 2.45) is 5.41 Å². The Balaban J connectivity index is 1.72. The summed E-state index contributed by atoms with van der Waals surface area (Å²) in [5, 5.41) is 6.37. The molecule has 1 fully saturated rings. The van der Waals surface area contributed by atoms with Crippen molar-refractivity contribution in [3.05, 3.63) is 11.9 Å². The molecule has 3 rings (SSSR count). The van der Waals surface area contributed by atoms with Crippen LogP contribution in [0.15, 0.2) is 6.20 Å². The van der Waals surface area contributed by atoms with Crippen molar-refractivity contribution in [3.63, 3.8) is 0 Å². The number of amides is 1. The van der Waals surface area contributed by atoms with Gasteiger partial charge in [-0.15, -0.1) is 0 Å². The Hall–Kier alpha value is -1.52. The fourth-order valence-corrected chi connectivity index (χ4v) is 3.11. The third kappa shape index (κ3) is 2.33. The van der Waals surface area contributed by atoms with Gasteiger partial charge in [-0.05, 0) is 24.7 Å². The minimum Gasteiger partial charge on any atom is -0.356 e. The molecule has 1 aliphatic carbocycles. The number of nitrogens with zero attached hydrogens (tertiary/aromatic N) is 2. The molecule has 1 aliphatic heterocycles. The number of nitrogens with one attached hydrogen (secondary N) is 2. The maximum atomic E-state index is 12.3. The lowest BCUT2D eigenvalue weighted by atomic mass is 9.87. The van der Waals surface area contributed by atoms with E-state index in [9.17, 15) is 4.79 Å². The molecule has 5 heteroatoms. The van der Waals surface area contributed by atoms with Gasteiger partial charge in [0.05, 0.1) is 0 Å². The summed E-state index contributed by atoms with van der Waals surface area (Å²) in [6.07, 6.45) is 6.39. The molecule has 1 unspecified atom stereocenters. The third-order valence-corrected chi connectivity index (χ3v) is 4.43. The summed E-state index contributed by atoms with van der Waals surface area (Å²) in [4.78, 5) is 16.7. The summed E-state index contributed by atoms with van der Waals surface area (Å²) < 4.78 is 2.03. The number of aryl methyl sites for hydroxylation is 1. The Morgan fingerprint density at radius 2 is 2.37 bits per heavy atom. The standard InChI is InChI=1S/C14H22N4O/c1-14(2)6-3-5-11(14)17-12(19)10-9-18-8-4-7-15-13(18)16-10/h9,11H,3-8H2,1-2H3,(H,15,16)(H,17,19). The Kier molecular flexibility index (Phi) is 2.99. The molecule has 0 radical (unpaired) electrons. The van der Waals surface area contributed by atoms with Crippen molar-refractivity contribution in [1.82, 2.24) is 14.9 Å². The van der Waals surface area contributed by atoms with Crippen LogP contribution in [0.25, 0.3) is 0 Å². The van der Waals surface area contributed by atoms with E-state index in [1.807, 2.05) is 10.8 Å². The van der Waals surface area contributed by atoms with E-state index in [1.54, 1.807) is 0 Å². The van der Waals surface area contributed by atoms with Crippen molar-refractivity contribution < 1.29 is 4.79 Å². The van der Waals surface area contributed by atoms with Crippen LogP contribution in [-0.4, -0.2) is 28.0 Å². The van der Waals surface area contributed by atoms with Crippen LogP contribution in [0.1, 0.15) is 50.0 Å². The topological polar surface area (TPSA) is 59.0 Å². The van der Waals surface area contributed by atoms with Gasteiger partial charge in [0.15, 0.2) is 0 Å². The highest BCUT2D eigenvalue weighted by Crippen LogP contribution is 2.37. The van der Waals surface area contributed by atoms with Gasteiger partial charge in [0.1, 0.15) is 5.69 Å². The van der Waals surface area contributed by atoms with E-state index >= 15 is 0 Å². The maximum Gasteiger partial charge on any atom is 0.271 e. The second-order valence-corrected chi connectivity index (χ2v) is 6.33. The number of hydrogen-bond acceptors (Lipinski definition) is 3. The van der Waals surface area contributed by atoms with Gasteiger partial charge < -0.3 is 15.2 Å². The van der Waals surface area contributed by atoms with Gasteiger partial charge in [-0.1, -0.05) is 20.3 Å². The number of hydrogen-bond donors (Lipinski definition) is 2. The van der Waals surface area contributed by atoms with E-state index in [4.69, 9.17) is 0 Å². The Morgan fingerprint density at radius 3 is 3.05 bits per heavy atom. The second kappa shape index (κ2) is 4.54. The van der Waals surface area contributed by atoms with Crippen LogP contribution in [0.5, 0.6) is 0 Å². The van der Waals surface area contributed by atoms with E-state index < -0.39 is 0 Å². The summed E-state index contributed by atoms with van der Waals surface area (Å²) in [6, 6.07) is 0.270. The molecule has 1 aromatic heterocycles. The molecule has 0 saturated heterocycles. The fraction of sp³-hybridized carbons (Fsp3) is 0.714. The minimum atomic E-state index is -0.0383. The Morgan fingerprint density at radius 1 is 1.53 bits per heavy atom. The second-order valence-electron chi connectivity index (χ2n) is 6.33. The SMILES string of the molecule is CC1(C)CCCC1NC(=O)c1cn2c(n1)NCCC2. The molecule has 1 aromatic rings. The van der Waals surface area contributed by atoms with Crippen LogP contribution in [0.4, 0.5) is 5.95 Å². The van der Waals surface area contributed by atoms with Crippen molar-refractivity contribution >= 4 is 11.9 Å². The third-order valence-electron chi connectivity index (χ3n) is 4.43. The number of carbonyl (C=O) groups is 1. The summed E-state index contributed by atoms with van der Waals surface area (Å²) in [5.74, 6) is 0.783. The molecule has 2 aliphatic rings. The predicted molar refractivity (Wildman–Crippen MR) is 74.2 cm³/mol. The minimum absolute atomic E-state index is 0.0383. The lowest BCUT2D eigenvalue weighted by molar-refractivity contribution is 0.0905. The first kappa shape index (κ1) is 12.5. The van der Waals surface area contributed by atoms with Gasteiger partial charge in [-0.3, -0.25) is 4.79 Å². The van der Waals surface area contributed by atoms with Crippen LogP contribution < -0.4 is 10.6 Å². The molecule has 2 N–H and O–H groups in total. The van der Waals surface area contributed by atoms with Crippen LogP contribution in [0.2, 0.25) is 0 Å². The van der Waals surface area contributed by atoms with Gasteiger partial charge in [0.25, 0.3) is 5.91 Å². The fourth-order valence-electron chi connectivity index (χ4n) is 3.11. The summed E-state index contributed by atoms with van der Waals surface area (Å²) in [5.41, 5.74) is 0.736. The van der Waals surface area contributed by atoms with Gasteiger partial charge >= 0.3 is 0 Å². The Bertz CT molecular complexity index is 468. The molecule has 104 valence electrons.